The van der Waals surface area contributed by atoms with E-state index in [0.29, 0.717) is 19.4 Å². The van der Waals surface area contributed by atoms with Gasteiger partial charge in [0.05, 0.1) is 5.92 Å². The van der Waals surface area contributed by atoms with Crippen LogP contribution in [0.4, 0.5) is 4.79 Å². The van der Waals surface area contributed by atoms with Crippen LogP contribution in [0.3, 0.4) is 0 Å². The number of amides is 4. The van der Waals surface area contributed by atoms with Crippen LogP contribution in [-0.2, 0) is 22.7 Å². The Morgan fingerprint density at radius 1 is 0.875 bits per heavy atom. The van der Waals surface area contributed by atoms with E-state index in [1.165, 1.54) is 6.34 Å². The van der Waals surface area contributed by atoms with Gasteiger partial charge in [0.25, 0.3) is 0 Å². The van der Waals surface area contributed by atoms with E-state index in [2.05, 4.69) is 10.4 Å². The van der Waals surface area contributed by atoms with Gasteiger partial charge in [-0.3, -0.25) is 9.59 Å². The lowest BCUT2D eigenvalue weighted by Crippen LogP contribution is -2.49. The van der Waals surface area contributed by atoms with Gasteiger partial charge in [-0.15, -0.1) is 0 Å². The van der Waals surface area contributed by atoms with Crippen LogP contribution in [0.2, 0.25) is 0 Å². The normalized spacial score (nSPS) is 11.8. The molecule has 0 saturated carbocycles. The van der Waals surface area contributed by atoms with Crippen molar-refractivity contribution in [1.29, 1.82) is 0 Å². The van der Waals surface area contributed by atoms with E-state index < -0.39 is 23.9 Å². The summed E-state index contributed by atoms with van der Waals surface area (Å²) in [6.45, 7) is 1.03. The minimum Gasteiger partial charge on any atom is -0.368 e. The van der Waals surface area contributed by atoms with Gasteiger partial charge in [-0.1, -0.05) is 84.9 Å². The maximum absolute atomic E-state index is 14.4. The van der Waals surface area contributed by atoms with Gasteiger partial charge in [-0.05, 0) is 35.1 Å². The summed E-state index contributed by atoms with van der Waals surface area (Å²) in [6.07, 6.45) is 2.44. The number of hydrazone groups is 1. The van der Waals surface area contributed by atoms with Gasteiger partial charge in [-0.25, -0.2) is 4.79 Å². The number of nitrogens with two attached hydrogens (primary N) is 3. The molecule has 7 N–H and O–H groups in total. The Balaban J connectivity index is 1.97. The molecule has 0 aliphatic rings. The van der Waals surface area contributed by atoms with Crippen molar-refractivity contribution in [3.8, 4) is 0 Å². The van der Waals surface area contributed by atoms with Crippen LogP contribution in [0.25, 0.3) is 0 Å². The van der Waals surface area contributed by atoms with E-state index in [1.54, 1.807) is 9.80 Å². The molecule has 0 aromatic heterocycles. The summed E-state index contributed by atoms with van der Waals surface area (Å²) in [5, 5.41) is 6.08. The lowest BCUT2D eigenvalue weighted by molar-refractivity contribution is -0.141. The van der Waals surface area contributed by atoms with Gasteiger partial charge in [0, 0.05) is 26.7 Å². The SMILES string of the molecule is CN(C=NN)CCC[C@H](C(N)=O)N(Cc1ccc(CNC(N)=O)cc1)C(=O)C(c1ccccc1)c1ccccc1. The lowest BCUT2D eigenvalue weighted by atomic mass is 9.89. The minimum absolute atomic E-state index is 0.173. The first-order chi connectivity index (χ1) is 19.3. The second-order valence-electron chi connectivity index (χ2n) is 9.56. The van der Waals surface area contributed by atoms with Crippen molar-refractivity contribution in [2.24, 2.45) is 22.4 Å². The zero-order valence-corrected chi connectivity index (χ0v) is 22.6. The van der Waals surface area contributed by atoms with Crippen LogP contribution >= 0.6 is 0 Å². The molecule has 210 valence electrons. The van der Waals surface area contributed by atoms with Crippen LogP contribution in [-0.4, -0.2) is 53.6 Å². The molecule has 3 aromatic carbocycles. The standard InChI is InChI=1S/C30H37N7O3/c1-36(21-35-33)18-8-13-26(28(31)38)37(20-23-16-14-22(15-17-23)19-34-30(32)40)29(39)27(24-9-4-2-5-10-24)25-11-6-3-7-12-25/h2-7,9-12,14-17,21,26-27H,8,13,18-20,33H2,1H3,(H2,31,38)(H3,32,34,40)/t26-/m1/s1. The monoisotopic (exact) mass is 543 g/mol. The van der Waals surface area contributed by atoms with Gasteiger partial charge < -0.3 is 32.4 Å². The quantitative estimate of drug-likeness (QED) is 0.106. The first kappa shape index (κ1) is 29.7. The van der Waals surface area contributed by atoms with Gasteiger partial charge in [-0.2, -0.15) is 5.10 Å². The molecule has 0 aliphatic carbocycles. The fourth-order valence-electron chi connectivity index (χ4n) is 4.58. The molecule has 3 rings (SSSR count). The Hall–Kier alpha value is -4.86. The zero-order chi connectivity index (χ0) is 28.9. The molecule has 1 atom stereocenters. The Bertz CT molecular complexity index is 1230. The molecule has 4 amide bonds. The zero-order valence-electron chi connectivity index (χ0n) is 22.6. The Morgan fingerprint density at radius 2 is 1.43 bits per heavy atom. The average molecular weight is 544 g/mol. The number of hydrogen-bond donors (Lipinski definition) is 4. The highest BCUT2D eigenvalue weighted by Crippen LogP contribution is 2.29. The van der Waals surface area contributed by atoms with Crippen LogP contribution in [0.15, 0.2) is 90.0 Å². The van der Waals surface area contributed by atoms with Crippen molar-refractivity contribution in [3.05, 3.63) is 107 Å². The molecular formula is C30H37N7O3. The fourth-order valence-corrected chi connectivity index (χ4v) is 4.58. The third-order valence-electron chi connectivity index (χ3n) is 6.60. The molecule has 10 heteroatoms. The van der Waals surface area contributed by atoms with E-state index in [9.17, 15) is 14.4 Å². The van der Waals surface area contributed by atoms with E-state index >= 15 is 0 Å². The van der Waals surface area contributed by atoms with Crippen molar-refractivity contribution in [2.45, 2.75) is 37.9 Å². The topological polar surface area (TPSA) is 160 Å². The Morgan fingerprint density at radius 3 is 1.93 bits per heavy atom. The van der Waals surface area contributed by atoms with Gasteiger partial charge >= 0.3 is 6.03 Å². The maximum atomic E-state index is 14.4. The van der Waals surface area contributed by atoms with Crippen LogP contribution in [0.5, 0.6) is 0 Å². The first-order valence-electron chi connectivity index (χ1n) is 13.0. The Kier molecular flexibility index (Phi) is 11.1. The smallest absolute Gasteiger partial charge is 0.312 e. The Labute approximate surface area is 234 Å². The highest BCUT2D eigenvalue weighted by molar-refractivity contribution is 5.92. The molecular weight excluding hydrogens is 506 g/mol. The second kappa shape index (κ2) is 14.9. The van der Waals surface area contributed by atoms with Crippen molar-refractivity contribution in [3.63, 3.8) is 0 Å². The highest BCUT2D eigenvalue weighted by atomic mass is 16.2. The van der Waals surface area contributed by atoms with Gasteiger partial charge in [0.15, 0.2) is 0 Å². The molecule has 0 saturated heterocycles. The van der Waals surface area contributed by atoms with Crippen molar-refractivity contribution in [1.82, 2.24) is 15.1 Å². The number of carbonyl (C=O) groups excluding carboxylic acids is 3. The summed E-state index contributed by atoms with van der Waals surface area (Å²) < 4.78 is 0. The molecule has 0 aliphatic heterocycles. The largest absolute Gasteiger partial charge is 0.368 e. The predicted molar refractivity (Wildman–Crippen MR) is 156 cm³/mol. The van der Waals surface area contributed by atoms with Gasteiger partial charge in [0.1, 0.15) is 12.4 Å². The number of carbonyl (C=O) groups is 3. The summed E-state index contributed by atoms with van der Waals surface area (Å²) in [7, 11) is 1.83. The summed E-state index contributed by atoms with van der Waals surface area (Å²) >= 11 is 0. The lowest BCUT2D eigenvalue weighted by Gasteiger charge is -2.34. The summed E-state index contributed by atoms with van der Waals surface area (Å²) in [5.74, 6) is 3.81. The summed E-state index contributed by atoms with van der Waals surface area (Å²) in [4.78, 5) is 41.8. The molecule has 3 aromatic rings. The highest BCUT2D eigenvalue weighted by Gasteiger charge is 2.34. The van der Waals surface area contributed by atoms with Gasteiger partial charge in [0.2, 0.25) is 11.8 Å². The number of hydrogen-bond acceptors (Lipinski definition) is 5. The third-order valence-corrected chi connectivity index (χ3v) is 6.60. The molecule has 0 fully saturated rings. The predicted octanol–water partition coefficient (Wildman–Crippen LogP) is 2.48. The van der Waals surface area contributed by atoms with Crippen molar-refractivity contribution >= 4 is 24.2 Å². The van der Waals surface area contributed by atoms with Crippen LogP contribution in [0.1, 0.15) is 41.0 Å². The molecule has 40 heavy (non-hydrogen) atoms. The van der Waals surface area contributed by atoms with E-state index in [-0.39, 0.29) is 19.0 Å². The minimum atomic E-state index is -0.846. The summed E-state index contributed by atoms with van der Waals surface area (Å²) in [6, 6.07) is 25.0. The van der Waals surface area contributed by atoms with Crippen LogP contribution in [0, 0.1) is 0 Å². The number of rotatable bonds is 14. The van der Waals surface area contributed by atoms with Crippen LogP contribution < -0.4 is 22.6 Å². The van der Waals surface area contributed by atoms with Crippen molar-refractivity contribution in [2.75, 3.05) is 13.6 Å². The van der Waals surface area contributed by atoms with E-state index in [1.807, 2.05) is 92.0 Å². The molecule has 0 radical (unpaired) electrons. The second-order valence-corrected chi connectivity index (χ2v) is 9.56. The number of primary amides is 2. The number of benzene rings is 3. The van der Waals surface area contributed by atoms with E-state index in [0.717, 1.165) is 22.3 Å². The first-order valence-corrected chi connectivity index (χ1v) is 13.0. The van der Waals surface area contributed by atoms with Crippen molar-refractivity contribution < 1.29 is 14.4 Å². The molecule has 0 bridgehead atoms. The third kappa shape index (κ3) is 8.59. The summed E-state index contributed by atoms with van der Waals surface area (Å²) in [5.41, 5.74) is 14.4. The number of nitrogens with one attached hydrogen (secondary N) is 1. The number of urea groups is 1. The molecule has 0 unspecified atom stereocenters. The molecule has 0 heterocycles. The molecule has 0 spiro atoms. The maximum Gasteiger partial charge on any atom is 0.312 e. The fraction of sp³-hybridized carbons (Fsp3) is 0.267. The molecule has 10 nitrogen and oxygen atoms in total. The number of nitrogens with zero attached hydrogens (tertiary/aromatic N) is 3. The van der Waals surface area contributed by atoms with E-state index in [4.69, 9.17) is 17.3 Å². The average Bonchev–Trinajstić information content (AvgIpc) is 2.95.